The highest BCUT2D eigenvalue weighted by Gasteiger charge is 2.11. The molecule has 0 aliphatic carbocycles. The molecular weight excluding hydrogens is 330 g/mol. The SMILES string of the molecule is CC(C)N(CCO)C(C)C.CCN(CC)CCCO.CN(C)CCCO. The number of aliphatic hydroxyl groups is 3. The first-order valence-corrected chi connectivity index (χ1v) is 10.2. The second-order valence-electron chi connectivity index (χ2n) is 7.13. The van der Waals surface area contributed by atoms with E-state index in [4.69, 9.17) is 15.3 Å². The van der Waals surface area contributed by atoms with Crippen LogP contribution in [-0.4, -0.2) is 109 Å². The largest absolute Gasteiger partial charge is 0.396 e. The number of hydrogen-bond donors (Lipinski definition) is 3. The minimum atomic E-state index is 0.260. The van der Waals surface area contributed by atoms with Gasteiger partial charge in [-0.25, -0.2) is 0 Å². The van der Waals surface area contributed by atoms with Crippen LogP contribution in [0.5, 0.6) is 0 Å². The molecule has 0 saturated carbocycles. The molecule has 0 aliphatic heterocycles. The van der Waals surface area contributed by atoms with Gasteiger partial charge >= 0.3 is 0 Å². The van der Waals surface area contributed by atoms with Crippen LogP contribution >= 0.6 is 0 Å². The Labute approximate surface area is 163 Å². The summed E-state index contributed by atoms with van der Waals surface area (Å²) in [4.78, 5) is 6.62. The molecule has 0 fully saturated rings. The summed E-state index contributed by atoms with van der Waals surface area (Å²) in [5, 5.41) is 25.5. The van der Waals surface area contributed by atoms with Gasteiger partial charge in [-0.05, 0) is 74.3 Å². The third-order valence-electron chi connectivity index (χ3n) is 3.98. The highest BCUT2D eigenvalue weighted by molar-refractivity contribution is 4.65. The van der Waals surface area contributed by atoms with Crippen LogP contribution in [-0.2, 0) is 0 Å². The smallest absolute Gasteiger partial charge is 0.0558 e. The molecule has 3 N–H and O–H groups in total. The summed E-state index contributed by atoms with van der Waals surface area (Å²) in [6, 6.07) is 1.07. The zero-order chi connectivity index (χ0) is 21.0. The van der Waals surface area contributed by atoms with E-state index in [9.17, 15) is 0 Å². The fourth-order valence-electron chi connectivity index (χ4n) is 2.45. The van der Waals surface area contributed by atoms with Crippen molar-refractivity contribution in [3.8, 4) is 0 Å². The molecule has 0 atom stereocenters. The summed E-state index contributed by atoms with van der Waals surface area (Å²) in [6.07, 6.45) is 1.79. The van der Waals surface area contributed by atoms with Gasteiger partial charge in [0, 0.05) is 38.4 Å². The van der Waals surface area contributed by atoms with Gasteiger partial charge in [-0.1, -0.05) is 13.8 Å². The molecule has 26 heavy (non-hydrogen) atoms. The summed E-state index contributed by atoms with van der Waals surface area (Å²) in [5.41, 5.74) is 0. The van der Waals surface area contributed by atoms with Crippen molar-refractivity contribution in [3.05, 3.63) is 0 Å². The Kier molecular flexibility index (Phi) is 26.7. The fourth-order valence-corrected chi connectivity index (χ4v) is 2.45. The number of rotatable bonds is 12. The van der Waals surface area contributed by atoms with Gasteiger partial charge in [-0.2, -0.15) is 0 Å². The van der Waals surface area contributed by atoms with Crippen LogP contribution in [0, 0.1) is 0 Å². The second kappa shape index (κ2) is 22.8. The lowest BCUT2D eigenvalue weighted by molar-refractivity contribution is 0.134. The monoisotopic (exact) mass is 379 g/mol. The van der Waals surface area contributed by atoms with E-state index in [1.165, 1.54) is 0 Å². The van der Waals surface area contributed by atoms with Gasteiger partial charge in [0.05, 0.1) is 6.61 Å². The molecule has 0 bridgehead atoms. The molecule has 162 valence electrons. The van der Waals surface area contributed by atoms with Crippen LogP contribution < -0.4 is 0 Å². The number of aliphatic hydroxyl groups excluding tert-OH is 3. The Balaban J connectivity index is -0.000000310. The Morgan fingerprint density at radius 2 is 1.08 bits per heavy atom. The Morgan fingerprint density at radius 3 is 1.27 bits per heavy atom. The van der Waals surface area contributed by atoms with Crippen molar-refractivity contribution in [2.45, 2.75) is 66.5 Å². The van der Waals surface area contributed by atoms with Crippen LogP contribution in [0.15, 0.2) is 0 Å². The number of nitrogens with zero attached hydrogens (tertiary/aromatic N) is 3. The lowest BCUT2D eigenvalue weighted by atomic mass is 10.2. The van der Waals surface area contributed by atoms with E-state index >= 15 is 0 Å². The number of hydrogen-bond acceptors (Lipinski definition) is 6. The molecule has 0 radical (unpaired) electrons. The molecule has 0 heterocycles. The van der Waals surface area contributed by atoms with E-state index in [-0.39, 0.29) is 6.61 Å². The third-order valence-corrected chi connectivity index (χ3v) is 3.98. The van der Waals surface area contributed by atoms with E-state index in [2.05, 4.69) is 56.2 Å². The van der Waals surface area contributed by atoms with E-state index < -0.39 is 0 Å². The quantitative estimate of drug-likeness (QED) is 0.480. The van der Waals surface area contributed by atoms with Crippen LogP contribution in [0.2, 0.25) is 0 Å². The summed E-state index contributed by atoms with van der Waals surface area (Å²) < 4.78 is 0. The first kappa shape index (κ1) is 30.5. The summed E-state index contributed by atoms with van der Waals surface area (Å²) in [5.74, 6) is 0. The molecule has 6 heteroatoms. The maximum Gasteiger partial charge on any atom is 0.0558 e. The first-order valence-electron chi connectivity index (χ1n) is 10.2. The van der Waals surface area contributed by atoms with Crippen LogP contribution in [0.1, 0.15) is 54.4 Å². The van der Waals surface area contributed by atoms with Crippen molar-refractivity contribution in [3.63, 3.8) is 0 Å². The maximum atomic E-state index is 8.69. The van der Waals surface area contributed by atoms with E-state index in [0.29, 0.717) is 25.3 Å². The normalized spacial score (nSPS) is 11.1. The van der Waals surface area contributed by atoms with Gasteiger partial charge in [-0.3, -0.25) is 4.90 Å². The predicted molar refractivity (Wildman–Crippen MR) is 114 cm³/mol. The predicted octanol–water partition coefficient (Wildman–Crippen LogP) is 1.74. The zero-order valence-corrected chi connectivity index (χ0v) is 18.9. The van der Waals surface area contributed by atoms with Crippen molar-refractivity contribution < 1.29 is 15.3 Å². The minimum Gasteiger partial charge on any atom is -0.396 e. The van der Waals surface area contributed by atoms with Crippen molar-refractivity contribution in [1.29, 1.82) is 0 Å². The molecule has 0 aromatic heterocycles. The van der Waals surface area contributed by atoms with Gasteiger partial charge in [0.15, 0.2) is 0 Å². The van der Waals surface area contributed by atoms with Crippen LogP contribution in [0.25, 0.3) is 0 Å². The molecule has 0 unspecified atom stereocenters. The fraction of sp³-hybridized carbons (Fsp3) is 1.00. The van der Waals surface area contributed by atoms with Gasteiger partial charge in [0.1, 0.15) is 0 Å². The molecule has 6 nitrogen and oxygen atoms in total. The molecule has 0 spiro atoms. The standard InChI is InChI=1S/C8H19NO.C7H17NO.C5H13NO/c1-7(2)9(5-6-10)8(3)4;1-3-8(4-2)6-5-7-9;1-6(2)4-3-5-7/h7-8,10H,5-6H2,1-4H3;9H,3-7H2,1-2H3;7H,3-5H2,1-2H3. The lowest BCUT2D eigenvalue weighted by Gasteiger charge is -2.29. The Morgan fingerprint density at radius 1 is 0.654 bits per heavy atom. The zero-order valence-electron chi connectivity index (χ0n) is 18.9. The van der Waals surface area contributed by atoms with Crippen molar-refractivity contribution >= 4 is 0 Å². The lowest BCUT2D eigenvalue weighted by Crippen LogP contribution is -2.38. The van der Waals surface area contributed by atoms with Crippen molar-refractivity contribution in [1.82, 2.24) is 14.7 Å². The molecule has 0 aromatic carbocycles. The molecule has 0 amide bonds. The van der Waals surface area contributed by atoms with Gasteiger partial charge < -0.3 is 25.1 Å². The Hall–Kier alpha value is -0.240. The molecule has 0 saturated heterocycles. The average Bonchev–Trinajstić information content (AvgIpc) is 2.59. The van der Waals surface area contributed by atoms with Gasteiger partial charge in [0.2, 0.25) is 0 Å². The minimum absolute atomic E-state index is 0.260. The van der Waals surface area contributed by atoms with Crippen molar-refractivity contribution in [2.24, 2.45) is 0 Å². The molecular formula is C20H49N3O3. The summed E-state index contributed by atoms with van der Waals surface area (Å²) in [7, 11) is 3.99. The van der Waals surface area contributed by atoms with Gasteiger partial charge in [0.25, 0.3) is 0 Å². The highest BCUT2D eigenvalue weighted by Crippen LogP contribution is 2.02. The Bertz CT molecular complexity index is 240. The third kappa shape index (κ3) is 23.8. The van der Waals surface area contributed by atoms with E-state index in [1.54, 1.807) is 0 Å². The van der Waals surface area contributed by atoms with Crippen LogP contribution in [0.3, 0.4) is 0 Å². The summed E-state index contributed by atoms with van der Waals surface area (Å²) in [6.45, 7) is 18.7. The van der Waals surface area contributed by atoms with Gasteiger partial charge in [-0.15, -0.1) is 0 Å². The highest BCUT2D eigenvalue weighted by atomic mass is 16.3. The first-order chi connectivity index (χ1) is 12.2. The van der Waals surface area contributed by atoms with Crippen LogP contribution in [0.4, 0.5) is 0 Å². The summed E-state index contributed by atoms with van der Waals surface area (Å²) >= 11 is 0. The molecule has 0 rings (SSSR count). The maximum absolute atomic E-state index is 8.69. The second-order valence-corrected chi connectivity index (χ2v) is 7.13. The molecule has 0 aromatic rings. The van der Waals surface area contributed by atoms with E-state index in [0.717, 1.165) is 45.6 Å². The van der Waals surface area contributed by atoms with E-state index in [1.807, 2.05) is 14.1 Å². The van der Waals surface area contributed by atoms with Crippen molar-refractivity contribution in [2.75, 3.05) is 66.6 Å². The molecule has 0 aliphatic rings. The topological polar surface area (TPSA) is 70.4 Å². The average molecular weight is 380 g/mol.